The van der Waals surface area contributed by atoms with Gasteiger partial charge >= 0.3 is 12.5 Å². The highest BCUT2D eigenvalue weighted by Crippen LogP contribution is 2.34. The molecule has 1 aromatic heterocycles. The number of amides is 1. The third-order valence-corrected chi connectivity index (χ3v) is 4.53. The Balaban J connectivity index is 1.99. The van der Waals surface area contributed by atoms with Crippen molar-refractivity contribution in [1.29, 1.82) is 0 Å². The van der Waals surface area contributed by atoms with Gasteiger partial charge in [0, 0.05) is 16.7 Å². The molecule has 162 valence electrons. The van der Waals surface area contributed by atoms with Gasteiger partial charge in [0.15, 0.2) is 5.82 Å². The standard InChI is InChI=1S/C20H22F3N3O4/c1-19(2,3)26(18(27)28)11-15-24-16(14-5-4-10-29-17(14)25-15)12-6-8-13(9-7-12)30-20(21,22)23/h6-9H,4-5,10-11H2,1-3H3,(H,27,28). The average molecular weight is 425 g/mol. The first-order valence-electron chi connectivity index (χ1n) is 9.33. The molecule has 7 nitrogen and oxygen atoms in total. The van der Waals surface area contributed by atoms with Crippen molar-refractivity contribution in [1.82, 2.24) is 14.9 Å². The maximum absolute atomic E-state index is 12.4. The van der Waals surface area contributed by atoms with E-state index in [2.05, 4.69) is 14.7 Å². The maximum atomic E-state index is 12.4. The van der Waals surface area contributed by atoms with Crippen LogP contribution in [-0.4, -0.2) is 44.6 Å². The Morgan fingerprint density at radius 1 is 1.20 bits per heavy atom. The summed E-state index contributed by atoms with van der Waals surface area (Å²) in [7, 11) is 0. The van der Waals surface area contributed by atoms with Gasteiger partial charge in [0.05, 0.1) is 18.8 Å². The van der Waals surface area contributed by atoms with E-state index in [0.29, 0.717) is 30.2 Å². The number of benzene rings is 1. The second-order valence-electron chi connectivity index (χ2n) is 7.84. The molecule has 0 aliphatic carbocycles. The molecule has 0 bridgehead atoms. The van der Waals surface area contributed by atoms with Crippen molar-refractivity contribution in [2.45, 2.75) is 52.1 Å². The van der Waals surface area contributed by atoms with Crippen LogP contribution >= 0.6 is 0 Å². The highest BCUT2D eigenvalue weighted by molar-refractivity contribution is 5.67. The van der Waals surface area contributed by atoms with Crippen molar-refractivity contribution >= 4 is 6.09 Å². The summed E-state index contributed by atoms with van der Waals surface area (Å²) in [5.41, 5.74) is 1.13. The third kappa shape index (κ3) is 5.11. The van der Waals surface area contributed by atoms with Crippen LogP contribution in [0.1, 0.15) is 38.6 Å². The van der Waals surface area contributed by atoms with Crippen molar-refractivity contribution in [3.63, 3.8) is 0 Å². The van der Waals surface area contributed by atoms with Crippen molar-refractivity contribution in [2.75, 3.05) is 6.61 Å². The number of aromatic nitrogens is 2. The highest BCUT2D eigenvalue weighted by Gasteiger charge is 2.31. The maximum Gasteiger partial charge on any atom is 0.573 e. The van der Waals surface area contributed by atoms with Gasteiger partial charge in [-0.1, -0.05) is 0 Å². The molecular formula is C20H22F3N3O4. The van der Waals surface area contributed by atoms with Crippen LogP contribution in [0.5, 0.6) is 11.6 Å². The summed E-state index contributed by atoms with van der Waals surface area (Å²) in [6.45, 7) is 5.70. The number of hydrogen-bond donors (Lipinski definition) is 1. The Morgan fingerprint density at radius 2 is 1.87 bits per heavy atom. The lowest BCUT2D eigenvalue weighted by Crippen LogP contribution is -2.44. The van der Waals surface area contributed by atoms with E-state index in [9.17, 15) is 23.1 Å². The Labute approximate surface area is 171 Å². The molecular weight excluding hydrogens is 403 g/mol. The number of ether oxygens (including phenoxy) is 2. The smallest absolute Gasteiger partial charge is 0.477 e. The molecule has 1 aliphatic heterocycles. The fraction of sp³-hybridized carbons (Fsp3) is 0.450. The van der Waals surface area contributed by atoms with Gasteiger partial charge in [-0.3, -0.25) is 4.90 Å². The zero-order chi connectivity index (χ0) is 22.1. The number of halogens is 3. The van der Waals surface area contributed by atoms with E-state index in [1.165, 1.54) is 29.2 Å². The van der Waals surface area contributed by atoms with Crippen LogP contribution < -0.4 is 9.47 Å². The van der Waals surface area contributed by atoms with Gasteiger partial charge in [-0.25, -0.2) is 9.78 Å². The average Bonchev–Trinajstić information content (AvgIpc) is 2.63. The molecule has 2 aromatic rings. The number of hydrogen-bond acceptors (Lipinski definition) is 5. The van der Waals surface area contributed by atoms with E-state index < -0.39 is 18.0 Å². The molecule has 0 spiro atoms. The van der Waals surface area contributed by atoms with Crippen molar-refractivity contribution in [2.24, 2.45) is 0 Å². The number of carboxylic acid groups (broad SMARTS) is 1. The minimum absolute atomic E-state index is 0.0578. The molecule has 3 rings (SSSR count). The van der Waals surface area contributed by atoms with Crippen LogP contribution in [0.4, 0.5) is 18.0 Å². The summed E-state index contributed by atoms with van der Waals surface area (Å²) >= 11 is 0. The van der Waals surface area contributed by atoms with Gasteiger partial charge in [0.1, 0.15) is 5.75 Å². The van der Waals surface area contributed by atoms with E-state index in [4.69, 9.17) is 4.74 Å². The summed E-state index contributed by atoms with van der Waals surface area (Å²) in [5, 5.41) is 9.55. The van der Waals surface area contributed by atoms with E-state index in [1.807, 2.05) is 0 Å². The van der Waals surface area contributed by atoms with Gasteiger partial charge in [-0.2, -0.15) is 4.98 Å². The van der Waals surface area contributed by atoms with Crippen molar-refractivity contribution in [3.8, 4) is 22.9 Å². The molecule has 1 aromatic carbocycles. The lowest BCUT2D eigenvalue weighted by molar-refractivity contribution is -0.274. The zero-order valence-corrected chi connectivity index (χ0v) is 16.8. The topological polar surface area (TPSA) is 84.8 Å². The molecule has 10 heteroatoms. The van der Waals surface area contributed by atoms with E-state index in [-0.39, 0.29) is 18.1 Å². The van der Waals surface area contributed by atoms with Crippen LogP contribution in [0.3, 0.4) is 0 Å². The number of carbonyl (C=O) groups is 1. The molecule has 1 amide bonds. The second-order valence-corrected chi connectivity index (χ2v) is 7.84. The summed E-state index contributed by atoms with van der Waals surface area (Å²) in [5.74, 6) is 0.283. The van der Waals surface area contributed by atoms with Crippen LogP contribution in [0, 0.1) is 0 Å². The SMILES string of the molecule is CC(C)(C)N(Cc1nc2c(c(-c3ccc(OC(F)(F)F)cc3)n1)CCCO2)C(=O)O. The zero-order valence-electron chi connectivity index (χ0n) is 16.8. The largest absolute Gasteiger partial charge is 0.573 e. The van der Waals surface area contributed by atoms with Crippen molar-refractivity contribution in [3.05, 3.63) is 35.7 Å². The monoisotopic (exact) mass is 425 g/mol. The predicted octanol–water partition coefficient (Wildman–Crippen LogP) is 4.65. The minimum atomic E-state index is -4.77. The first-order valence-corrected chi connectivity index (χ1v) is 9.33. The number of fused-ring (bicyclic) bond motifs is 1. The molecule has 0 saturated carbocycles. The summed E-state index contributed by atoms with van der Waals surface area (Å²) in [6.07, 6.45) is -4.49. The molecule has 0 saturated heterocycles. The lowest BCUT2D eigenvalue weighted by atomic mass is 10.0. The molecule has 30 heavy (non-hydrogen) atoms. The molecule has 1 N–H and O–H groups in total. The fourth-order valence-corrected chi connectivity index (χ4v) is 3.13. The molecule has 0 radical (unpaired) electrons. The van der Waals surface area contributed by atoms with Crippen LogP contribution in [-0.2, 0) is 13.0 Å². The molecule has 0 atom stereocenters. The van der Waals surface area contributed by atoms with Crippen molar-refractivity contribution < 1.29 is 32.5 Å². The van der Waals surface area contributed by atoms with Gasteiger partial charge in [0.2, 0.25) is 5.88 Å². The number of alkyl halides is 3. The molecule has 0 unspecified atom stereocenters. The quantitative estimate of drug-likeness (QED) is 0.768. The Morgan fingerprint density at radius 3 is 2.43 bits per heavy atom. The highest BCUT2D eigenvalue weighted by atomic mass is 19.4. The molecule has 2 heterocycles. The minimum Gasteiger partial charge on any atom is -0.477 e. The van der Waals surface area contributed by atoms with E-state index >= 15 is 0 Å². The van der Waals surface area contributed by atoms with Crippen LogP contribution in [0.25, 0.3) is 11.3 Å². The van der Waals surface area contributed by atoms with E-state index in [0.717, 1.165) is 12.0 Å². The summed E-state index contributed by atoms with van der Waals surface area (Å²) in [4.78, 5) is 21.8. The van der Waals surface area contributed by atoms with Gasteiger partial charge in [0.25, 0.3) is 0 Å². The Hall–Kier alpha value is -3.04. The first-order chi connectivity index (χ1) is 13.9. The van der Waals surface area contributed by atoms with Crippen LogP contribution in [0.15, 0.2) is 24.3 Å². The van der Waals surface area contributed by atoms with Gasteiger partial charge in [-0.15, -0.1) is 13.2 Å². The fourth-order valence-electron chi connectivity index (χ4n) is 3.13. The van der Waals surface area contributed by atoms with Gasteiger partial charge < -0.3 is 14.6 Å². The Kier molecular flexibility index (Phi) is 5.78. The summed E-state index contributed by atoms with van der Waals surface area (Å²) in [6, 6.07) is 5.36. The van der Waals surface area contributed by atoms with Gasteiger partial charge in [-0.05, 0) is 57.9 Å². The first kappa shape index (κ1) is 21.7. The number of rotatable bonds is 4. The third-order valence-electron chi connectivity index (χ3n) is 4.53. The molecule has 0 fully saturated rings. The molecule has 1 aliphatic rings. The number of nitrogens with zero attached hydrogens (tertiary/aromatic N) is 3. The second kappa shape index (κ2) is 8.00. The van der Waals surface area contributed by atoms with E-state index in [1.54, 1.807) is 20.8 Å². The Bertz CT molecular complexity index is 925. The normalized spacial score (nSPS) is 13.9. The summed E-state index contributed by atoms with van der Waals surface area (Å²) < 4.78 is 46.8. The van der Waals surface area contributed by atoms with Crippen LogP contribution in [0.2, 0.25) is 0 Å². The lowest BCUT2D eigenvalue weighted by Gasteiger charge is -2.32. The predicted molar refractivity (Wildman–Crippen MR) is 101 cm³/mol.